The van der Waals surface area contributed by atoms with Crippen molar-refractivity contribution in [2.75, 3.05) is 5.32 Å². The first kappa shape index (κ1) is 17.2. The van der Waals surface area contributed by atoms with Crippen LogP contribution in [0.15, 0.2) is 78.9 Å². The van der Waals surface area contributed by atoms with E-state index in [2.05, 4.69) is 5.32 Å². The van der Waals surface area contributed by atoms with Crippen molar-refractivity contribution in [1.82, 2.24) is 4.57 Å². The number of hydrogen-bond donors (Lipinski definition) is 1. The third kappa shape index (κ3) is 3.28. The average molecular weight is 364 g/mol. The Morgan fingerprint density at radius 2 is 1.33 bits per heavy atom. The smallest absolute Gasteiger partial charge is 0.326 e. The van der Waals surface area contributed by atoms with Crippen LogP contribution in [0.4, 0.5) is 14.5 Å². The van der Waals surface area contributed by atoms with Gasteiger partial charge in [-0.05, 0) is 24.3 Å². The third-order valence-electron chi connectivity index (χ3n) is 4.69. The van der Waals surface area contributed by atoms with Gasteiger partial charge in [0, 0.05) is 40.5 Å². The second-order valence-corrected chi connectivity index (χ2v) is 6.46. The summed E-state index contributed by atoms with van der Waals surface area (Å²) in [6, 6.07) is 23.7. The monoisotopic (exact) mass is 364 g/mol. The molecule has 1 N–H and O–H groups in total. The Balaban J connectivity index is 1.59. The number of nitrogens with one attached hydrogen (secondary N) is 1. The maximum atomic E-state index is 14.5. The molecule has 0 bridgehead atoms. The van der Waals surface area contributed by atoms with Crippen LogP contribution < -0.4 is 5.32 Å². The summed E-state index contributed by atoms with van der Waals surface area (Å²) in [5, 5.41) is 4.33. The summed E-state index contributed by atoms with van der Waals surface area (Å²) in [6.45, 7) is 0.0449. The van der Waals surface area contributed by atoms with Gasteiger partial charge in [0.25, 0.3) is 5.91 Å². The summed E-state index contributed by atoms with van der Waals surface area (Å²) in [7, 11) is 0. The molecule has 136 valence electrons. The van der Waals surface area contributed by atoms with Crippen LogP contribution in [-0.4, -0.2) is 16.4 Å². The molecule has 0 fully saturated rings. The minimum atomic E-state index is -3.47. The number of alkyl halides is 2. The molecule has 1 heterocycles. The first-order valence-corrected chi connectivity index (χ1v) is 8.76. The van der Waals surface area contributed by atoms with Crippen LogP contribution in [0.1, 0.15) is 6.42 Å². The quantitative estimate of drug-likeness (QED) is 0.501. The molecule has 0 unspecified atom stereocenters. The Hall–Kier alpha value is -3.21. The molecule has 27 heavy (non-hydrogen) atoms. The average Bonchev–Trinajstić information content (AvgIpc) is 3.01. The molecule has 0 aliphatic heterocycles. The van der Waals surface area contributed by atoms with Gasteiger partial charge in [-0.2, -0.15) is 8.78 Å². The van der Waals surface area contributed by atoms with E-state index in [0.29, 0.717) is 5.69 Å². The van der Waals surface area contributed by atoms with E-state index in [4.69, 9.17) is 0 Å². The second-order valence-electron chi connectivity index (χ2n) is 6.46. The molecule has 0 radical (unpaired) electrons. The van der Waals surface area contributed by atoms with E-state index >= 15 is 0 Å². The lowest BCUT2D eigenvalue weighted by atomic mass is 10.2. The number of hydrogen-bond acceptors (Lipinski definition) is 1. The predicted octanol–water partition coefficient (Wildman–Crippen LogP) is 5.46. The second kappa shape index (κ2) is 6.83. The van der Waals surface area contributed by atoms with E-state index in [-0.39, 0.29) is 6.54 Å². The van der Waals surface area contributed by atoms with Crippen molar-refractivity contribution in [3.8, 4) is 0 Å². The zero-order chi connectivity index (χ0) is 18.9. The molecular weight excluding hydrogens is 346 g/mol. The number of halogens is 2. The lowest BCUT2D eigenvalue weighted by Crippen LogP contribution is -2.35. The van der Waals surface area contributed by atoms with E-state index in [1.54, 1.807) is 30.3 Å². The van der Waals surface area contributed by atoms with Crippen molar-refractivity contribution in [2.24, 2.45) is 0 Å². The van der Waals surface area contributed by atoms with E-state index in [1.807, 2.05) is 53.1 Å². The van der Waals surface area contributed by atoms with Crippen LogP contribution in [0.5, 0.6) is 0 Å². The molecule has 4 rings (SSSR count). The van der Waals surface area contributed by atoms with E-state index < -0.39 is 18.3 Å². The molecule has 3 aromatic carbocycles. The summed E-state index contributed by atoms with van der Waals surface area (Å²) in [5.41, 5.74) is 2.13. The van der Waals surface area contributed by atoms with Gasteiger partial charge in [-0.15, -0.1) is 0 Å². The fourth-order valence-corrected chi connectivity index (χ4v) is 3.35. The van der Waals surface area contributed by atoms with E-state index in [0.717, 1.165) is 21.8 Å². The first-order valence-electron chi connectivity index (χ1n) is 8.76. The Kier molecular flexibility index (Phi) is 4.36. The maximum Gasteiger partial charge on any atom is 0.326 e. The van der Waals surface area contributed by atoms with Crippen molar-refractivity contribution >= 4 is 33.4 Å². The molecular formula is C22H18F2N2O. The number of carbonyl (C=O) groups excluding carboxylic acids is 1. The molecule has 1 amide bonds. The fourth-order valence-electron chi connectivity index (χ4n) is 3.35. The van der Waals surface area contributed by atoms with Gasteiger partial charge < -0.3 is 9.88 Å². The Labute approximate surface area is 155 Å². The summed E-state index contributed by atoms with van der Waals surface area (Å²) in [6.07, 6.45) is -0.575. The normalized spacial score (nSPS) is 11.8. The molecule has 0 atom stereocenters. The maximum absolute atomic E-state index is 14.5. The molecule has 1 aromatic heterocycles. The molecule has 0 aliphatic carbocycles. The number of para-hydroxylation sites is 3. The highest BCUT2D eigenvalue weighted by molar-refractivity contribution is 6.08. The zero-order valence-electron chi connectivity index (χ0n) is 14.5. The number of aryl methyl sites for hydroxylation is 1. The van der Waals surface area contributed by atoms with Crippen LogP contribution in [-0.2, 0) is 11.3 Å². The van der Waals surface area contributed by atoms with Crippen LogP contribution >= 0.6 is 0 Å². The van der Waals surface area contributed by atoms with Gasteiger partial charge in [-0.25, -0.2) is 0 Å². The lowest BCUT2D eigenvalue weighted by Gasteiger charge is -2.17. The highest BCUT2D eigenvalue weighted by Crippen LogP contribution is 2.30. The molecule has 0 aliphatic rings. The van der Waals surface area contributed by atoms with Crippen LogP contribution in [0.3, 0.4) is 0 Å². The van der Waals surface area contributed by atoms with Crippen LogP contribution in [0.25, 0.3) is 21.8 Å². The molecule has 0 saturated carbocycles. The number of benzene rings is 3. The number of aromatic nitrogens is 1. The third-order valence-corrected chi connectivity index (χ3v) is 4.69. The van der Waals surface area contributed by atoms with Crippen molar-refractivity contribution in [3.05, 3.63) is 78.9 Å². The Morgan fingerprint density at radius 1 is 0.815 bits per heavy atom. The highest BCUT2D eigenvalue weighted by atomic mass is 19.3. The van der Waals surface area contributed by atoms with Crippen molar-refractivity contribution in [2.45, 2.75) is 18.9 Å². The van der Waals surface area contributed by atoms with Gasteiger partial charge >= 0.3 is 5.92 Å². The number of nitrogens with zero attached hydrogens (tertiary/aromatic N) is 1. The molecule has 0 saturated heterocycles. The van der Waals surface area contributed by atoms with Crippen LogP contribution in [0, 0.1) is 0 Å². The number of anilines is 1. The number of rotatable bonds is 5. The van der Waals surface area contributed by atoms with Gasteiger partial charge in [0.15, 0.2) is 0 Å². The van der Waals surface area contributed by atoms with Gasteiger partial charge in [0.1, 0.15) is 0 Å². The molecule has 5 heteroatoms. The summed E-state index contributed by atoms with van der Waals surface area (Å²) in [5.74, 6) is -4.75. The lowest BCUT2D eigenvalue weighted by molar-refractivity contribution is -0.140. The number of carbonyl (C=O) groups is 1. The largest absolute Gasteiger partial charge is 0.340 e. The van der Waals surface area contributed by atoms with E-state index in [9.17, 15) is 13.6 Å². The van der Waals surface area contributed by atoms with Gasteiger partial charge in [0.2, 0.25) is 0 Å². The van der Waals surface area contributed by atoms with Gasteiger partial charge in [-0.3, -0.25) is 4.79 Å². The van der Waals surface area contributed by atoms with Crippen molar-refractivity contribution in [1.29, 1.82) is 0 Å². The molecule has 4 aromatic rings. The summed E-state index contributed by atoms with van der Waals surface area (Å²) in [4.78, 5) is 12.1. The topological polar surface area (TPSA) is 34.0 Å². The van der Waals surface area contributed by atoms with Crippen LogP contribution in [0.2, 0.25) is 0 Å². The minimum absolute atomic E-state index is 0.0449. The highest BCUT2D eigenvalue weighted by Gasteiger charge is 2.38. The van der Waals surface area contributed by atoms with Gasteiger partial charge in [0.05, 0.1) is 0 Å². The summed E-state index contributed by atoms with van der Waals surface area (Å²) < 4.78 is 30.8. The van der Waals surface area contributed by atoms with Gasteiger partial charge in [-0.1, -0.05) is 54.6 Å². The minimum Gasteiger partial charge on any atom is -0.340 e. The van der Waals surface area contributed by atoms with E-state index in [1.165, 1.54) is 0 Å². The SMILES string of the molecule is O=C(Nc1ccccc1)C(F)(F)CCn1c2ccccc2c2ccccc21. The first-order chi connectivity index (χ1) is 13.1. The molecule has 0 spiro atoms. The standard InChI is InChI=1S/C22H18F2N2O/c23-22(24,21(27)25-16-8-2-1-3-9-16)14-15-26-19-12-6-4-10-17(19)18-11-5-7-13-20(18)26/h1-13H,14-15H2,(H,25,27). The number of fused-ring (bicyclic) bond motifs is 3. The molecule has 3 nitrogen and oxygen atoms in total. The van der Waals surface area contributed by atoms with Crippen molar-refractivity contribution in [3.63, 3.8) is 0 Å². The Bertz CT molecular complexity index is 1050. The number of amides is 1. The predicted molar refractivity (Wildman–Crippen MR) is 104 cm³/mol. The fraction of sp³-hybridized carbons (Fsp3) is 0.136. The van der Waals surface area contributed by atoms with Crippen molar-refractivity contribution < 1.29 is 13.6 Å². The zero-order valence-corrected chi connectivity index (χ0v) is 14.5. The Morgan fingerprint density at radius 3 is 1.93 bits per heavy atom. The summed E-state index contributed by atoms with van der Waals surface area (Å²) >= 11 is 0.